The normalized spacial score (nSPS) is 11.1. The first-order valence-corrected chi connectivity index (χ1v) is 9.63. The molecule has 124 valence electrons. The van der Waals surface area contributed by atoms with Crippen LogP contribution in [0.5, 0.6) is 0 Å². The highest BCUT2D eigenvalue weighted by Gasteiger charge is 2.15. The minimum Gasteiger partial charge on any atom is -0.370 e. The maximum Gasteiger partial charge on any atom is 0.217 e. The number of primary amides is 1. The van der Waals surface area contributed by atoms with Crippen LogP contribution in [0.25, 0.3) is 21.3 Å². The summed E-state index contributed by atoms with van der Waals surface area (Å²) in [6, 6.07) is 6.50. The van der Waals surface area contributed by atoms with Crippen molar-refractivity contribution in [1.82, 2.24) is 9.97 Å². The van der Waals surface area contributed by atoms with E-state index in [1.54, 1.807) is 29.4 Å². The molecule has 4 nitrogen and oxygen atoms in total. The molecule has 0 aliphatic carbocycles. The quantitative estimate of drug-likeness (QED) is 0.405. The van der Waals surface area contributed by atoms with Crippen molar-refractivity contribution in [2.75, 3.05) is 5.75 Å². The predicted molar refractivity (Wildman–Crippen MR) is 101 cm³/mol. The van der Waals surface area contributed by atoms with E-state index in [4.69, 9.17) is 5.73 Å². The van der Waals surface area contributed by atoms with Crippen molar-refractivity contribution in [3.63, 3.8) is 0 Å². The standard InChI is InChI=1S/C18H19N3OS2/c1-11-5-6-13(12(2)8-11)14-9-24-18-16(14)17(20-10-21-18)23-7-3-4-15(19)22/h5-6,8-10H,3-4,7H2,1-2H3,(H2,19,22). The van der Waals surface area contributed by atoms with Crippen molar-refractivity contribution in [2.45, 2.75) is 31.7 Å². The predicted octanol–water partition coefficient (Wildman–Crippen LogP) is 4.33. The van der Waals surface area contributed by atoms with Crippen LogP contribution in [0.3, 0.4) is 0 Å². The molecule has 0 atom stereocenters. The van der Waals surface area contributed by atoms with Gasteiger partial charge in [0, 0.05) is 23.1 Å². The fourth-order valence-electron chi connectivity index (χ4n) is 2.69. The van der Waals surface area contributed by atoms with E-state index in [2.05, 4.69) is 47.4 Å². The largest absolute Gasteiger partial charge is 0.370 e. The Morgan fingerprint density at radius 1 is 1.25 bits per heavy atom. The molecule has 0 unspecified atom stereocenters. The van der Waals surface area contributed by atoms with Crippen molar-refractivity contribution < 1.29 is 4.79 Å². The molecule has 0 bridgehead atoms. The second kappa shape index (κ2) is 7.32. The Bertz CT molecular complexity index is 889. The van der Waals surface area contributed by atoms with Gasteiger partial charge in [0.25, 0.3) is 0 Å². The number of aromatic nitrogens is 2. The lowest BCUT2D eigenvalue weighted by Gasteiger charge is -2.08. The molecule has 3 aromatic rings. The first-order valence-electron chi connectivity index (χ1n) is 7.77. The molecule has 2 heterocycles. The molecule has 0 spiro atoms. The lowest BCUT2D eigenvalue weighted by molar-refractivity contribution is -0.118. The molecule has 0 saturated heterocycles. The number of nitrogens with zero attached hydrogens (tertiary/aromatic N) is 2. The lowest BCUT2D eigenvalue weighted by Crippen LogP contribution is -2.10. The lowest BCUT2D eigenvalue weighted by atomic mass is 9.99. The molecule has 0 radical (unpaired) electrons. The Morgan fingerprint density at radius 3 is 2.83 bits per heavy atom. The number of thioether (sulfide) groups is 1. The van der Waals surface area contributed by atoms with Crippen molar-refractivity contribution in [3.8, 4) is 11.1 Å². The van der Waals surface area contributed by atoms with Crippen molar-refractivity contribution in [1.29, 1.82) is 0 Å². The van der Waals surface area contributed by atoms with Crippen molar-refractivity contribution in [3.05, 3.63) is 41.0 Å². The SMILES string of the molecule is Cc1ccc(-c2csc3ncnc(SCCCC(N)=O)c23)c(C)c1. The highest BCUT2D eigenvalue weighted by molar-refractivity contribution is 7.99. The van der Waals surface area contributed by atoms with Crippen LogP contribution in [0.4, 0.5) is 0 Å². The summed E-state index contributed by atoms with van der Waals surface area (Å²) in [6.07, 6.45) is 2.78. The molecule has 0 saturated carbocycles. The molecule has 2 aromatic heterocycles. The fraction of sp³-hybridized carbons (Fsp3) is 0.278. The molecule has 1 amide bonds. The average Bonchev–Trinajstić information content (AvgIpc) is 2.96. The van der Waals surface area contributed by atoms with E-state index in [0.717, 1.165) is 27.4 Å². The Balaban J connectivity index is 1.96. The molecule has 0 aliphatic rings. The van der Waals surface area contributed by atoms with Crippen LogP contribution in [0, 0.1) is 13.8 Å². The van der Waals surface area contributed by atoms with Crippen molar-refractivity contribution >= 4 is 39.2 Å². The topological polar surface area (TPSA) is 68.9 Å². The first-order chi connectivity index (χ1) is 11.6. The second-order valence-corrected chi connectivity index (χ2v) is 7.69. The number of amides is 1. The number of thiophene rings is 1. The molecular formula is C18H19N3OS2. The summed E-state index contributed by atoms with van der Waals surface area (Å²) >= 11 is 3.30. The van der Waals surface area contributed by atoms with Crippen LogP contribution in [0.1, 0.15) is 24.0 Å². The summed E-state index contributed by atoms with van der Waals surface area (Å²) < 4.78 is 0. The van der Waals surface area contributed by atoms with Gasteiger partial charge in [-0.2, -0.15) is 0 Å². The molecule has 24 heavy (non-hydrogen) atoms. The zero-order chi connectivity index (χ0) is 17.1. The van der Waals surface area contributed by atoms with Gasteiger partial charge in [-0.05, 0) is 31.4 Å². The summed E-state index contributed by atoms with van der Waals surface area (Å²) in [5.41, 5.74) is 10.1. The van der Waals surface area contributed by atoms with Gasteiger partial charge in [0.1, 0.15) is 16.2 Å². The first kappa shape index (κ1) is 16.9. The van der Waals surface area contributed by atoms with Crippen LogP contribution in [0.2, 0.25) is 0 Å². The van der Waals surface area contributed by atoms with Crippen LogP contribution in [-0.4, -0.2) is 21.6 Å². The smallest absolute Gasteiger partial charge is 0.217 e. The third-order valence-electron chi connectivity index (χ3n) is 3.81. The van der Waals surface area contributed by atoms with E-state index in [9.17, 15) is 4.79 Å². The zero-order valence-corrected chi connectivity index (χ0v) is 15.3. The number of fused-ring (bicyclic) bond motifs is 1. The number of carbonyl (C=O) groups excluding carboxylic acids is 1. The molecular weight excluding hydrogens is 338 g/mol. The summed E-state index contributed by atoms with van der Waals surface area (Å²) in [7, 11) is 0. The number of rotatable bonds is 6. The second-order valence-electron chi connectivity index (χ2n) is 5.75. The fourth-order valence-corrected chi connectivity index (χ4v) is 4.61. The number of nitrogens with two attached hydrogens (primary N) is 1. The summed E-state index contributed by atoms with van der Waals surface area (Å²) in [4.78, 5) is 20.8. The number of aryl methyl sites for hydroxylation is 2. The summed E-state index contributed by atoms with van der Waals surface area (Å²) in [6.45, 7) is 4.24. The van der Waals surface area contributed by atoms with E-state index in [1.165, 1.54) is 22.3 Å². The van der Waals surface area contributed by atoms with E-state index < -0.39 is 0 Å². The Morgan fingerprint density at radius 2 is 2.08 bits per heavy atom. The molecule has 0 aliphatic heterocycles. The van der Waals surface area contributed by atoms with Crippen LogP contribution in [-0.2, 0) is 4.79 Å². The van der Waals surface area contributed by atoms with Gasteiger partial charge < -0.3 is 5.73 Å². The van der Waals surface area contributed by atoms with Gasteiger partial charge in [0.05, 0.1) is 5.39 Å². The monoisotopic (exact) mass is 357 g/mol. The Labute approximate surface area is 149 Å². The maximum atomic E-state index is 10.9. The minimum absolute atomic E-state index is 0.255. The van der Waals surface area contributed by atoms with E-state index >= 15 is 0 Å². The number of benzene rings is 1. The van der Waals surface area contributed by atoms with Crippen LogP contribution >= 0.6 is 23.1 Å². The highest BCUT2D eigenvalue weighted by Crippen LogP contribution is 2.39. The van der Waals surface area contributed by atoms with Crippen LogP contribution in [0.15, 0.2) is 34.9 Å². The van der Waals surface area contributed by atoms with E-state index in [-0.39, 0.29) is 5.91 Å². The maximum absolute atomic E-state index is 10.9. The van der Waals surface area contributed by atoms with Gasteiger partial charge in [-0.1, -0.05) is 23.8 Å². The van der Waals surface area contributed by atoms with E-state index in [0.29, 0.717) is 6.42 Å². The molecule has 2 N–H and O–H groups in total. The zero-order valence-electron chi connectivity index (χ0n) is 13.7. The number of carbonyl (C=O) groups is 1. The van der Waals surface area contributed by atoms with Crippen molar-refractivity contribution in [2.24, 2.45) is 5.73 Å². The van der Waals surface area contributed by atoms with Crippen LogP contribution < -0.4 is 5.73 Å². The van der Waals surface area contributed by atoms with Gasteiger partial charge in [-0.3, -0.25) is 4.79 Å². The van der Waals surface area contributed by atoms with Gasteiger partial charge in [0.2, 0.25) is 5.91 Å². The van der Waals surface area contributed by atoms with Gasteiger partial charge in [-0.25, -0.2) is 9.97 Å². The van der Waals surface area contributed by atoms with Gasteiger partial charge in [-0.15, -0.1) is 23.1 Å². The molecule has 3 rings (SSSR count). The third-order valence-corrected chi connectivity index (χ3v) is 5.78. The minimum atomic E-state index is -0.255. The Hall–Kier alpha value is -1.92. The van der Waals surface area contributed by atoms with E-state index in [1.807, 2.05) is 0 Å². The van der Waals surface area contributed by atoms with Gasteiger partial charge in [0.15, 0.2) is 0 Å². The summed E-state index contributed by atoms with van der Waals surface area (Å²) in [5, 5.41) is 4.24. The molecule has 0 fully saturated rings. The summed E-state index contributed by atoms with van der Waals surface area (Å²) in [5.74, 6) is 0.562. The highest BCUT2D eigenvalue weighted by atomic mass is 32.2. The molecule has 6 heteroatoms. The molecule has 1 aromatic carbocycles. The third kappa shape index (κ3) is 3.60. The average molecular weight is 358 g/mol. The number of hydrogen-bond donors (Lipinski definition) is 1. The Kier molecular flexibility index (Phi) is 5.16. The number of hydrogen-bond acceptors (Lipinski definition) is 5. The van der Waals surface area contributed by atoms with Gasteiger partial charge >= 0.3 is 0 Å².